The van der Waals surface area contributed by atoms with Gasteiger partial charge in [0.15, 0.2) is 0 Å². The summed E-state index contributed by atoms with van der Waals surface area (Å²) in [4.78, 5) is 17.3. The summed E-state index contributed by atoms with van der Waals surface area (Å²) in [6.07, 6.45) is 3.46. The number of anilines is 1. The molecule has 3 heterocycles. The van der Waals surface area contributed by atoms with E-state index in [0.717, 1.165) is 32.7 Å². The number of hydrogen-bond acceptors (Lipinski definition) is 6. The van der Waals surface area contributed by atoms with E-state index in [1.165, 1.54) is 0 Å². The number of piperazine rings is 1. The Morgan fingerprint density at radius 3 is 2.50 bits per heavy atom. The number of likely N-dealkylation sites (N-methyl/N-ethyl adjacent to an activating group) is 1. The van der Waals surface area contributed by atoms with E-state index < -0.39 is 0 Å². The van der Waals surface area contributed by atoms with Gasteiger partial charge in [-0.05, 0) is 24.2 Å². The van der Waals surface area contributed by atoms with Crippen molar-refractivity contribution in [1.82, 2.24) is 29.6 Å². The summed E-state index contributed by atoms with van der Waals surface area (Å²) in [5.74, 6) is 1.06. The topological polar surface area (TPSA) is 63.0 Å². The maximum absolute atomic E-state index is 6.00. The van der Waals surface area contributed by atoms with Gasteiger partial charge in [-0.2, -0.15) is 20.1 Å². The second-order valence-corrected chi connectivity index (χ2v) is 4.91. The van der Waals surface area contributed by atoms with Crippen LogP contribution in [-0.2, 0) is 0 Å². The van der Waals surface area contributed by atoms with Gasteiger partial charge >= 0.3 is 0 Å². The van der Waals surface area contributed by atoms with E-state index in [-0.39, 0.29) is 5.28 Å². The molecule has 7 nitrogen and oxygen atoms in total. The molecule has 0 amide bonds. The average Bonchev–Trinajstić information content (AvgIpc) is 3.01. The molecule has 2 aromatic heterocycles. The number of rotatable bonds is 3. The van der Waals surface area contributed by atoms with Crippen molar-refractivity contribution < 1.29 is 0 Å². The van der Waals surface area contributed by atoms with Gasteiger partial charge in [0.25, 0.3) is 5.95 Å². The second-order valence-electron chi connectivity index (χ2n) is 4.58. The van der Waals surface area contributed by atoms with Crippen LogP contribution in [0.15, 0.2) is 18.5 Å². The lowest BCUT2D eigenvalue weighted by Gasteiger charge is -2.33. The number of nitrogens with zero attached hydrogens (tertiary/aromatic N) is 7. The van der Waals surface area contributed by atoms with Crippen LogP contribution in [0.25, 0.3) is 5.95 Å². The van der Waals surface area contributed by atoms with Crippen LogP contribution < -0.4 is 4.90 Å². The standard InChI is InChI=1S/C12H16ClN7/c1-2-18-6-8-19(9-7-18)11-15-10(13)16-12(17-11)20-5-3-4-14-20/h3-5H,2,6-9H2,1H3. The molecule has 20 heavy (non-hydrogen) atoms. The Kier molecular flexibility index (Phi) is 3.79. The van der Waals surface area contributed by atoms with Gasteiger partial charge in [-0.15, -0.1) is 0 Å². The first-order valence-corrected chi connectivity index (χ1v) is 7.03. The average molecular weight is 294 g/mol. The number of aromatic nitrogens is 5. The molecule has 8 heteroatoms. The molecule has 0 aromatic carbocycles. The van der Waals surface area contributed by atoms with Crippen molar-refractivity contribution in [2.24, 2.45) is 0 Å². The monoisotopic (exact) mass is 293 g/mol. The van der Waals surface area contributed by atoms with Gasteiger partial charge in [0, 0.05) is 38.6 Å². The normalized spacial score (nSPS) is 16.6. The largest absolute Gasteiger partial charge is 0.338 e. The van der Waals surface area contributed by atoms with Gasteiger partial charge in [-0.3, -0.25) is 0 Å². The van der Waals surface area contributed by atoms with Gasteiger partial charge in [0.05, 0.1) is 0 Å². The Morgan fingerprint density at radius 2 is 1.85 bits per heavy atom. The molecule has 0 aliphatic carbocycles. The fraction of sp³-hybridized carbons (Fsp3) is 0.500. The van der Waals surface area contributed by atoms with Crippen LogP contribution in [0.5, 0.6) is 0 Å². The Bertz CT molecular complexity index is 563. The molecule has 3 rings (SSSR count). The Labute approximate surface area is 122 Å². The minimum absolute atomic E-state index is 0.193. The van der Waals surface area contributed by atoms with Gasteiger partial charge < -0.3 is 9.80 Å². The van der Waals surface area contributed by atoms with Crippen molar-refractivity contribution in [3.05, 3.63) is 23.7 Å². The number of hydrogen-bond donors (Lipinski definition) is 0. The van der Waals surface area contributed by atoms with Crippen LogP contribution in [-0.4, -0.2) is 62.4 Å². The van der Waals surface area contributed by atoms with Crippen molar-refractivity contribution in [3.8, 4) is 5.95 Å². The molecule has 1 aliphatic rings. The predicted molar refractivity (Wildman–Crippen MR) is 76.3 cm³/mol. The van der Waals surface area contributed by atoms with Crippen molar-refractivity contribution in [1.29, 1.82) is 0 Å². The van der Waals surface area contributed by atoms with E-state index in [1.54, 1.807) is 17.1 Å². The highest BCUT2D eigenvalue weighted by Gasteiger charge is 2.19. The fourth-order valence-electron chi connectivity index (χ4n) is 2.22. The van der Waals surface area contributed by atoms with Gasteiger partial charge in [0.1, 0.15) is 0 Å². The highest BCUT2D eigenvalue weighted by Crippen LogP contribution is 2.15. The smallest absolute Gasteiger partial charge is 0.256 e. The van der Waals surface area contributed by atoms with Gasteiger partial charge in [-0.25, -0.2) is 4.68 Å². The summed E-state index contributed by atoms with van der Waals surface area (Å²) in [5.41, 5.74) is 0. The van der Waals surface area contributed by atoms with Crippen LogP contribution in [0, 0.1) is 0 Å². The zero-order chi connectivity index (χ0) is 13.9. The SMILES string of the molecule is CCN1CCN(c2nc(Cl)nc(-n3cccn3)n2)CC1. The van der Waals surface area contributed by atoms with Crippen LogP contribution in [0.3, 0.4) is 0 Å². The van der Waals surface area contributed by atoms with E-state index in [9.17, 15) is 0 Å². The molecular formula is C12H16ClN7. The molecule has 0 atom stereocenters. The van der Waals surface area contributed by atoms with E-state index >= 15 is 0 Å². The summed E-state index contributed by atoms with van der Waals surface area (Å²) < 4.78 is 1.58. The van der Waals surface area contributed by atoms with Crippen LogP contribution >= 0.6 is 11.6 Å². The lowest BCUT2D eigenvalue weighted by molar-refractivity contribution is 0.270. The molecule has 0 radical (unpaired) electrons. The van der Waals surface area contributed by atoms with E-state index in [4.69, 9.17) is 11.6 Å². The molecule has 106 valence electrons. The van der Waals surface area contributed by atoms with Gasteiger partial charge in [-0.1, -0.05) is 6.92 Å². The quantitative estimate of drug-likeness (QED) is 0.836. The highest BCUT2D eigenvalue weighted by molar-refractivity contribution is 6.28. The van der Waals surface area contributed by atoms with Crippen molar-refractivity contribution in [2.75, 3.05) is 37.6 Å². The van der Waals surface area contributed by atoms with Crippen molar-refractivity contribution in [2.45, 2.75) is 6.92 Å². The number of halogens is 1. The zero-order valence-corrected chi connectivity index (χ0v) is 12.0. The fourth-order valence-corrected chi connectivity index (χ4v) is 2.38. The first-order chi connectivity index (χ1) is 9.76. The van der Waals surface area contributed by atoms with Crippen LogP contribution in [0.4, 0.5) is 5.95 Å². The summed E-state index contributed by atoms with van der Waals surface area (Å²) in [6.45, 7) is 7.06. The zero-order valence-electron chi connectivity index (χ0n) is 11.3. The molecule has 1 aliphatic heterocycles. The first kappa shape index (κ1) is 13.3. The lowest BCUT2D eigenvalue weighted by Crippen LogP contribution is -2.46. The highest BCUT2D eigenvalue weighted by atomic mass is 35.5. The van der Waals surface area contributed by atoms with Gasteiger partial charge in [0.2, 0.25) is 11.2 Å². The molecule has 0 saturated carbocycles. The van der Waals surface area contributed by atoms with Crippen molar-refractivity contribution >= 4 is 17.5 Å². The Balaban J connectivity index is 1.83. The summed E-state index contributed by atoms with van der Waals surface area (Å²) in [6, 6.07) is 1.82. The third kappa shape index (κ3) is 2.73. The molecule has 0 bridgehead atoms. The molecule has 1 saturated heterocycles. The predicted octanol–water partition coefficient (Wildman–Crippen LogP) is 0.853. The summed E-state index contributed by atoms with van der Waals surface area (Å²) >= 11 is 6.00. The summed E-state index contributed by atoms with van der Waals surface area (Å²) in [7, 11) is 0. The minimum atomic E-state index is 0.193. The molecular weight excluding hydrogens is 278 g/mol. The molecule has 0 N–H and O–H groups in total. The third-order valence-electron chi connectivity index (χ3n) is 3.40. The molecule has 0 spiro atoms. The molecule has 1 fully saturated rings. The Hall–Kier alpha value is -1.73. The van der Waals surface area contributed by atoms with E-state index in [0.29, 0.717) is 11.9 Å². The van der Waals surface area contributed by atoms with Crippen LogP contribution in [0.2, 0.25) is 5.28 Å². The minimum Gasteiger partial charge on any atom is -0.338 e. The third-order valence-corrected chi connectivity index (χ3v) is 3.57. The van der Waals surface area contributed by atoms with E-state index in [1.807, 2.05) is 6.07 Å². The van der Waals surface area contributed by atoms with Crippen molar-refractivity contribution in [3.63, 3.8) is 0 Å². The second kappa shape index (κ2) is 5.72. The maximum Gasteiger partial charge on any atom is 0.256 e. The van der Waals surface area contributed by atoms with E-state index in [2.05, 4.69) is 36.8 Å². The summed E-state index contributed by atoms with van der Waals surface area (Å²) in [5, 5.41) is 4.31. The lowest BCUT2D eigenvalue weighted by atomic mass is 10.3. The maximum atomic E-state index is 6.00. The molecule has 2 aromatic rings. The van der Waals surface area contributed by atoms with Crippen LogP contribution in [0.1, 0.15) is 6.92 Å². The Morgan fingerprint density at radius 1 is 1.10 bits per heavy atom. The molecule has 0 unspecified atom stereocenters. The first-order valence-electron chi connectivity index (χ1n) is 6.65.